The van der Waals surface area contributed by atoms with E-state index in [4.69, 9.17) is 0 Å². The van der Waals surface area contributed by atoms with Crippen molar-refractivity contribution in [1.29, 1.82) is 0 Å². The normalized spacial score (nSPS) is 21.2. The Bertz CT molecular complexity index is 646. The van der Waals surface area contributed by atoms with Crippen molar-refractivity contribution in [3.8, 4) is 0 Å². The fourth-order valence-electron chi connectivity index (χ4n) is 2.78. The number of ketones is 1. The van der Waals surface area contributed by atoms with Crippen LogP contribution in [0.15, 0.2) is 54.6 Å². The van der Waals surface area contributed by atoms with Gasteiger partial charge in [0.05, 0.1) is 0 Å². The third-order valence-corrected chi connectivity index (χ3v) is 3.60. The van der Waals surface area contributed by atoms with Gasteiger partial charge < -0.3 is 5.11 Å². The maximum Gasteiger partial charge on any atom is 0.315 e. The van der Waals surface area contributed by atoms with Crippen molar-refractivity contribution in [2.24, 2.45) is 5.92 Å². The molecule has 1 N–H and O–H groups in total. The van der Waals surface area contributed by atoms with Crippen molar-refractivity contribution >= 4 is 11.8 Å². The molecule has 3 heteroatoms. The van der Waals surface area contributed by atoms with E-state index in [1.165, 1.54) is 0 Å². The molecule has 0 aromatic heterocycles. The van der Waals surface area contributed by atoms with Crippen LogP contribution in [0.1, 0.15) is 27.4 Å². The molecule has 2 atom stereocenters. The molecule has 0 bridgehead atoms. The van der Waals surface area contributed by atoms with Gasteiger partial charge in [0.15, 0.2) is 5.78 Å². The number of carboxylic acid groups (broad SMARTS) is 1. The van der Waals surface area contributed by atoms with E-state index in [2.05, 4.69) is 0 Å². The van der Waals surface area contributed by atoms with Crippen molar-refractivity contribution in [3.05, 3.63) is 71.3 Å². The quantitative estimate of drug-likeness (QED) is 0.836. The Kier molecular flexibility index (Phi) is 2.67. The molecule has 1 aliphatic rings. The molecule has 0 spiro atoms. The van der Waals surface area contributed by atoms with E-state index >= 15 is 0 Å². The zero-order valence-electron chi connectivity index (χ0n) is 10.1. The van der Waals surface area contributed by atoms with E-state index in [-0.39, 0.29) is 11.7 Å². The number of hydrogen-bond acceptors (Lipinski definition) is 2. The van der Waals surface area contributed by atoms with Gasteiger partial charge in [-0.05, 0) is 11.1 Å². The maximum absolute atomic E-state index is 12.2. The fraction of sp³-hybridized carbons (Fsp3) is 0.125. The molecule has 0 amide bonds. The number of carbonyl (C=O) groups excluding carboxylic acids is 1. The molecule has 3 nitrogen and oxygen atoms in total. The first kappa shape index (κ1) is 11.7. The number of carbonyl (C=O) groups is 2. The number of Topliss-reactive ketones (excluding diaryl/α,β-unsaturated/α-hetero) is 1. The van der Waals surface area contributed by atoms with Crippen LogP contribution in [-0.2, 0) is 4.79 Å². The SMILES string of the molecule is O=C(O)C1C(=O)c2ccccc2C1c1ccccc1. The Hall–Kier alpha value is -2.42. The summed E-state index contributed by atoms with van der Waals surface area (Å²) in [4.78, 5) is 23.7. The van der Waals surface area contributed by atoms with Crippen LogP contribution in [0.4, 0.5) is 0 Å². The summed E-state index contributed by atoms with van der Waals surface area (Å²) in [5.41, 5.74) is 2.21. The fourth-order valence-corrected chi connectivity index (χ4v) is 2.78. The Morgan fingerprint density at radius 3 is 2.26 bits per heavy atom. The van der Waals surface area contributed by atoms with Gasteiger partial charge in [0.25, 0.3) is 0 Å². The van der Waals surface area contributed by atoms with Crippen molar-refractivity contribution in [2.75, 3.05) is 0 Å². The molecule has 0 heterocycles. The summed E-state index contributed by atoms with van der Waals surface area (Å²) in [7, 11) is 0. The summed E-state index contributed by atoms with van der Waals surface area (Å²) in [5.74, 6) is -2.76. The van der Waals surface area contributed by atoms with Gasteiger partial charge in [0.1, 0.15) is 5.92 Å². The Labute approximate surface area is 110 Å². The van der Waals surface area contributed by atoms with Gasteiger partial charge in [-0.2, -0.15) is 0 Å². The predicted molar refractivity (Wildman–Crippen MR) is 70.2 cm³/mol. The topological polar surface area (TPSA) is 54.4 Å². The lowest BCUT2D eigenvalue weighted by Crippen LogP contribution is -2.24. The van der Waals surface area contributed by atoms with Crippen LogP contribution in [0.3, 0.4) is 0 Å². The number of benzene rings is 2. The Balaban J connectivity index is 2.20. The number of carboxylic acids is 1. The molecular weight excluding hydrogens is 240 g/mol. The second kappa shape index (κ2) is 4.35. The van der Waals surface area contributed by atoms with Crippen LogP contribution < -0.4 is 0 Å². The van der Waals surface area contributed by atoms with Crippen molar-refractivity contribution in [3.63, 3.8) is 0 Å². The van der Waals surface area contributed by atoms with Gasteiger partial charge in [-0.15, -0.1) is 0 Å². The van der Waals surface area contributed by atoms with E-state index in [9.17, 15) is 14.7 Å². The van der Waals surface area contributed by atoms with Gasteiger partial charge in [0.2, 0.25) is 0 Å². The summed E-state index contributed by atoms with van der Waals surface area (Å²) in [5, 5.41) is 9.37. The number of fused-ring (bicyclic) bond motifs is 1. The first-order chi connectivity index (χ1) is 9.20. The summed E-state index contributed by atoms with van der Waals surface area (Å²) < 4.78 is 0. The van der Waals surface area contributed by atoms with Crippen LogP contribution in [-0.4, -0.2) is 16.9 Å². The summed E-state index contributed by atoms with van der Waals surface area (Å²) in [6.45, 7) is 0. The van der Waals surface area contributed by atoms with Crippen LogP contribution in [0, 0.1) is 5.92 Å². The second-order valence-electron chi connectivity index (χ2n) is 4.66. The lowest BCUT2D eigenvalue weighted by atomic mass is 9.86. The molecule has 19 heavy (non-hydrogen) atoms. The first-order valence-electron chi connectivity index (χ1n) is 6.11. The van der Waals surface area contributed by atoms with Crippen molar-refractivity contribution in [2.45, 2.75) is 5.92 Å². The molecule has 3 rings (SSSR count). The zero-order chi connectivity index (χ0) is 13.4. The average Bonchev–Trinajstić information content (AvgIpc) is 2.74. The highest BCUT2D eigenvalue weighted by Crippen LogP contribution is 2.42. The van der Waals surface area contributed by atoms with E-state index in [1.807, 2.05) is 42.5 Å². The minimum atomic E-state index is -1.06. The molecule has 1 aliphatic carbocycles. The largest absolute Gasteiger partial charge is 0.481 e. The third-order valence-electron chi connectivity index (χ3n) is 3.60. The van der Waals surface area contributed by atoms with E-state index in [1.54, 1.807) is 12.1 Å². The highest BCUT2D eigenvalue weighted by Gasteiger charge is 2.44. The smallest absolute Gasteiger partial charge is 0.315 e. The molecule has 0 aliphatic heterocycles. The average molecular weight is 252 g/mol. The lowest BCUT2D eigenvalue weighted by Gasteiger charge is -2.16. The summed E-state index contributed by atoms with van der Waals surface area (Å²) in [6, 6.07) is 16.5. The third kappa shape index (κ3) is 1.74. The van der Waals surface area contributed by atoms with Crippen LogP contribution >= 0.6 is 0 Å². The molecule has 0 fully saturated rings. The molecule has 0 saturated heterocycles. The summed E-state index contributed by atoms with van der Waals surface area (Å²) >= 11 is 0. The number of hydrogen-bond donors (Lipinski definition) is 1. The van der Waals surface area contributed by atoms with Crippen LogP contribution in [0.5, 0.6) is 0 Å². The van der Waals surface area contributed by atoms with E-state index < -0.39 is 11.9 Å². The van der Waals surface area contributed by atoms with Crippen LogP contribution in [0.2, 0.25) is 0 Å². The van der Waals surface area contributed by atoms with Gasteiger partial charge >= 0.3 is 5.97 Å². The van der Waals surface area contributed by atoms with Gasteiger partial charge in [-0.3, -0.25) is 9.59 Å². The van der Waals surface area contributed by atoms with Crippen molar-refractivity contribution in [1.82, 2.24) is 0 Å². The monoisotopic (exact) mass is 252 g/mol. The van der Waals surface area contributed by atoms with Gasteiger partial charge in [-0.1, -0.05) is 54.6 Å². The maximum atomic E-state index is 12.2. The molecule has 0 radical (unpaired) electrons. The zero-order valence-corrected chi connectivity index (χ0v) is 10.1. The molecular formula is C16H12O3. The minimum Gasteiger partial charge on any atom is -0.481 e. The number of rotatable bonds is 2. The van der Waals surface area contributed by atoms with Gasteiger partial charge in [0, 0.05) is 11.5 Å². The molecule has 94 valence electrons. The Morgan fingerprint density at radius 1 is 0.947 bits per heavy atom. The van der Waals surface area contributed by atoms with E-state index in [0.29, 0.717) is 5.56 Å². The highest BCUT2D eigenvalue weighted by molar-refractivity contribution is 6.13. The van der Waals surface area contributed by atoms with Crippen molar-refractivity contribution < 1.29 is 14.7 Å². The first-order valence-corrected chi connectivity index (χ1v) is 6.11. The Morgan fingerprint density at radius 2 is 1.58 bits per heavy atom. The predicted octanol–water partition coefficient (Wildman–Crippen LogP) is 2.72. The number of aliphatic carboxylic acids is 1. The molecule has 2 aromatic carbocycles. The van der Waals surface area contributed by atoms with Gasteiger partial charge in [-0.25, -0.2) is 0 Å². The molecule has 2 aromatic rings. The van der Waals surface area contributed by atoms with Crippen LogP contribution in [0.25, 0.3) is 0 Å². The summed E-state index contributed by atoms with van der Waals surface area (Å²) in [6.07, 6.45) is 0. The second-order valence-corrected chi connectivity index (χ2v) is 4.66. The standard InChI is InChI=1S/C16H12O3/c17-15-12-9-5-4-8-11(12)13(14(15)16(18)19)10-6-2-1-3-7-10/h1-9,13-14H,(H,18,19). The molecule has 2 unspecified atom stereocenters. The van der Waals surface area contributed by atoms with E-state index in [0.717, 1.165) is 11.1 Å². The lowest BCUT2D eigenvalue weighted by molar-refractivity contribution is -0.140. The highest BCUT2D eigenvalue weighted by atomic mass is 16.4. The minimum absolute atomic E-state index is 0.294. The molecule has 0 saturated carbocycles.